The molecule has 0 atom stereocenters. The molecule has 0 unspecified atom stereocenters. The third kappa shape index (κ3) is 5.16. The predicted molar refractivity (Wildman–Crippen MR) is 103 cm³/mol. The van der Waals surface area contributed by atoms with Crippen LogP contribution in [0.2, 0.25) is 5.02 Å². The fourth-order valence-corrected chi connectivity index (χ4v) is 2.39. The number of nitrogens with zero attached hydrogens (tertiary/aromatic N) is 3. The number of hydrogen-bond donors (Lipinski definition) is 3. The summed E-state index contributed by atoms with van der Waals surface area (Å²) in [7, 11) is 0. The van der Waals surface area contributed by atoms with Crippen molar-refractivity contribution in [2.24, 2.45) is 0 Å². The first-order chi connectivity index (χ1) is 13.0. The van der Waals surface area contributed by atoms with Gasteiger partial charge in [-0.25, -0.2) is 14.5 Å². The lowest BCUT2D eigenvalue weighted by atomic mass is 10.2. The highest BCUT2D eigenvalue weighted by Gasteiger charge is 2.04. The van der Waals surface area contributed by atoms with Gasteiger partial charge < -0.3 is 10.4 Å². The van der Waals surface area contributed by atoms with Gasteiger partial charge >= 0.3 is 6.09 Å². The number of halogens is 1. The summed E-state index contributed by atoms with van der Waals surface area (Å²) in [5, 5.41) is 18.4. The van der Waals surface area contributed by atoms with Crippen molar-refractivity contribution in [2.45, 2.75) is 0 Å². The average molecular weight is 384 g/mol. The molecular formula is C18H14ClN5O3. The van der Waals surface area contributed by atoms with E-state index in [4.69, 9.17) is 16.7 Å². The Morgan fingerprint density at radius 2 is 1.78 bits per heavy atom. The molecule has 3 rings (SSSR count). The number of nitrogens with one attached hydrogen (secondary N) is 2. The zero-order valence-electron chi connectivity index (χ0n) is 13.8. The van der Waals surface area contributed by atoms with Crippen LogP contribution in [-0.4, -0.2) is 31.9 Å². The molecule has 136 valence electrons. The Morgan fingerprint density at radius 3 is 2.44 bits per heavy atom. The van der Waals surface area contributed by atoms with Gasteiger partial charge in [0, 0.05) is 34.2 Å². The average Bonchev–Trinajstić information content (AvgIpc) is 3.10. The van der Waals surface area contributed by atoms with Crippen molar-refractivity contribution in [1.82, 2.24) is 14.8 Å². The first kappa shape index (κ1) is 18.2. The minimum atomic E-state index is -1.15. The molecule has 0 saturated carbocycles. The van der Waals surface area contributed by atoms with Gasteiger partial charge in [0.15, 0.2) is 5.82 Å². The standard InChI is InChI=1S/C18H14ClN5O3/c19-13-3-1-2-12(10-13)17-20-11-24(23-17)9-8-16(25)21-14-4-6-15(7-5-14)22-18(26)27/h1-11,22H,(H,21,25)(H,26,27)/b9-8+. The molecule has 2 aromatic carbocycles. The van der Waals surface area contributed by atoms with E-state index in [1.54, 1.807) is 42.5 Å². The molecule has 27 heavy (non-hydrogen) atoms. The Labute approximate surface area is 159 Å². The second kappa shape index (κ2) is 8.15. The van der Waals surface area contributed by atoms with Gasteiger partial charge in [-0.1, -0.05) is 23.7 Å². The van der Waals surface area contributed by atoms with Gasteiger partial charge in [0.1, 0.15) is 6.33 Å². The van der Waals surface area contributed by atoms with Crippen LogP contribution in [0.4, 0.5) is 16.2 Å². The summed E-state index contributed by atoms with van der Waals surface area (Å²) >= 11 is 5.95. The van der Waals surface area contributed by atoms with Gasteiger partial charge in [-0.3, -0.25) is 10.1 Å². The van der Waals surface area contributed by atoms with E-state index in [-0.39, 0.29) is 5.91 Å². The van der Waals surface area contributed by atoms with Crippen LogP contribution < -0.4 is 10.6 Å². The maximum absolute atomic E-state index is 12.0. The van der Waals surface area contributed by atoms with E-state index in [2.05, 4.69) is 20.7 Å². The molecule has 0 aliphatic heterocycles. The van der Waals surface area contributed by atoms with Crippen molar-refractivity contribution < 1.29 is 14.7 Å². The molecule has 3 aromatic rings. The van der Waals surface area contributed by atoms with Crippen LogP contribution in [0.15, 0.2) is 60.9 Å². The molecule has 9 heteroatoms. The summed E-state index contributed by atoms with van der Waals surface area (Å²) < 4.78 is 1.41. The fourth-order valence-electron chi connectivity index (χ4n) is 2.19. The smallest absolute Gasteiger partial charge is 0.409 e. The molecule has 8 nitrogen and oxygen atoms in total. The van der Waals surface area contributed by atoms with E-state index in [1.165, 1.54) is 23.3 Å². The van der Waals surface area contributed by atoms with Gasteiger partial charge in [0.25, 0.3) is 0 Å². The molecule has 0 saturated heterocycles. The predicted octanol–water partition coefficient (Wildman–Crippen LogP) is 3.80. The Bertz CT molecular complexity index is 998. The second-order valence-electron chi connectivity index (χ2n) is 5.37. The zero-order valence-corrected chi connectivity index (χ0v) is 14.6. The number of amides is 2. The van der Waals surface area contributed by atoms with E-state index in [9.17, 15) is 9.59 Å². The molecule has 1 aromatic heterocycles. The number of carbonyl (C=O) groups excluding carboxylic acids is 1. The molecule has 0 fully saturated rings. The molecule has 0 aliphatic rings. The number of carbonyl (C=O) groups is 2. The van der Waals surface area contributed by atoms with E-state index in [1.807, 2.05) is 6.07 Å². The number of benzene rings is 2. The van der Waals surface area contributed by atoms with Crippen molar-refractivity contribution in [3.05, 3.63) is 66.0 Å². The minimum absolute atomic E-state index is 0.367. The normalized spacial score (nSPS) is 10.7. The van der Waals surface area contributed by atoms with E-state index >= 15 is 0 Å². The number of rotatable bonds is 5. The number of anilines is 2. The maximum atomic E-state index is 12.0. The zero-order chi connectivity index (χ0) is 19.2. The lowest BCUT2D eigenvalue weighted by molar-refractivity contribution is -0.111. The Morgan fingerprint density at radius 1 is 1.07 bits per heavy atom. The highest BCUT2D eigenvalue weighted by atomic mass is 35.5. The van der Waals surface area contributed by atoms with Crippen LogP contribution in [0.1, 0.15) is 0 Å². The quantitative estimate of drug-likeness (QED) is 0.580. The summed E-state index contributed by atoms with van der Waals surface area (Å²) in [5.41, 5.74) is 1.71. The monoisotopic (exact) mass is 383 g/mol. The maximum Gasteiger partial charge on any atom is 0.409 e. The van der Waals surface area contributed by atoms with Crippen molar-refractivity contribution >= 4 is 41.2 Å². The third-order valence-electron chi connectivity index (χ3n) is 3.37. The van der Waals surface area contributed by atoms with Gasteiger partial charge in [-0.2, -0.15) is 0 Å². The van der Waals surface area contributed by atoms with Gasteiger partial charge in [0.2, 0.25) is 5.91 Å². The summed E-state index contributed by atoms with van der Waals surface area (Å²) in [6.07, 6.45) is 3.10. The molecule has 0 aliphatic carbocycles. The van der Waals surface area contributed by atoms with Crippen LogP contribution in [0.5, 0.6) is 0 Å². The largest absolute Gasteiger partial charge is 0.465 e. The fraction of sp³-hybridized carbons (Fsp3) is 0. The molecule has 0 spiro atoms. The molecule has 0 radical (unpaired) electrons. The van der Waals surface area contributed by atoms with Crippen LogP contribution in [0.3, 0.4) is 0 Å². The topological polar surface area (TPSA) is 109 Å². The van der Waals surface area contributed by atoms with E-state index < -0.39 is 6.09 Å². The lowest BCUT2D eigenvalue weighted by Crippen LogP contribution is -2.09. The molecule has 3 N–H and O–H groups in total. The molecular weight excluding hydrogens is 370 g/mol. The number of hydrogen-bond acceptors (Lipinski definition) is 4. The van der Waals surface area contributed by atoms with Crippen molar-refractivity contribution in [3.63, 3.8) is 0 Å². The van der Waals surface area contributed by atoms with Gasteiger partial charge in [-0.15, -0.1) is 5.10 Å². The lowest BCUT2D eigenvalue weighted by Gasteiger charge is -2.04. The second-order valence-corrected chi connectivity index (χ2v) is 5.81. The van der Waals surface area contributed by atoms with E-state index in [0.29, 0.717) is 22.2 Å². The Kier molecular flexibility index (Phi) is 5.48. The third-order valence-corrected chi connectivity index (χ3v) is 3.61. The van der Waals surface area contributed by atoms with Crippen molar-refractivity contribution in [1.29, 1.82) is 0 Å². The van der Waals surface area contributed by atoms with Crippen LogP contribution in [-0.2, 0) is 4.79 Å². The van der Waals surface area contributed by atoms with Crippen LogP contribution in [0.25, 0.3) is 17.6 Å². The minimum Gasteiger partial charge on any atom is -0.465 e. The highest BCUT2D eigenvalue weighted by Crippen LogP contribution is 2.19. The Hall–Kier alpha value is -3.65. The molecule has 1 heterocycles. The van der Waals surface area contributed by atoms with Gasteiger partial charge in [0.05, 0.1) is 0 Å². The van der Waals surface area contributed by atoms with Crippen molar-refractivity contribution in [3.8, 4) is 11.4 Å². The summed E-state index contributed by atoms with van der Waals surface area (Å²) in [4.78, 5) is 26.7. The number of carboxylic acid groups (broad SMARTS) is 1. The van der Waals surface area contributed by atoms with Crippen molar-refractivity contribution in [2.75, 3.05) is 10.6 Å². The highest BCUT2D eigenvalue weighted by molar-refractivity contribution is 6.30. The first-order valence-electron chi connectivity index (χ1n) is 7.76. The number of aromatic nitrogens is 3. The van der Waals surface area contributed by atoms with Crippen LogP contribution in [0, 0.1) is 0 Å². The van der Waals surface area contributed by atoms with Gasteiger partial charge in [-0.05, 0) is 36.4 Å². The first-order valence-corrected chi connectivity index (χ1v) is 8.14. The Balaban J connectivity index is 1.61. The summed E-state index contributed by atoms with van der Waals surface area (Å²) in [6, 6.07) is 13.4. The molecule has 2 amide bonds. The SMILES string of the molecule is O=C(O)Nc1ccc(NC(=O)/C=C/n2cnc(-c3cccc(Cl)c3)n2)cc1. The molecule has 0 bridgehead atoms. The van der Waals surface area contributed by atoms with E-state index in [0.717, 1.165) is 5.56 Å². The van der Waals surface area contributed by atoms with Crippen LogP contribution >= 0.6 is 11.6 Å². The summed E-state index contributed by atoms with van der Waals surface area (Å²) in [6.45, 7) is 0. The summed E-state index contributed by atoms with van der Waals surface area (Å²) in [5.74, 6) is 0.123.